The number of aromatic nitrogens is 2. The van der Waals surface area contributed by atoms with Crippen molar-refractivity contribution in [3.8, 4) is 5.75 Å². The SMILES string of the molecule is CC(C)(C)CC(=O)Nc1nnc(CCCOc2ccccc2)s1. The summed E-state index contributed by atoms with van der Waals surface area (Å²) in [6, 6.07) is 9.74. The minimum atomic E-state index is -0.0353. The van der Waals surface area contributed by atoms with Crippen LogP contribution in [-0.2, 0) is 11.2 Å². The number of para-hydroxylation sites is 1. The second-order valence-electron chi connectivity index (χ2n) is 6.55. The number of aryl methyl sites for hydroxylation is 1. The van der Waals surface area contributed by atoms with Crippen LogP contribution < -0.4 is 10.1 Å². The van der Waals surface area contributed by atoms with Crippen molar-refractivity contribution in [2.75, 3.05) is 11.9 Å². The molecule has 0 radical (unpaired) electrons. The predicted octanol–water partition coefficient (Wildman–Crippen LogP) is 3.92. The number of carbonyl (C=O) groups excluding carboxylic acids is 1. The van der Waals surface area contributed by atoms with Crippen molar-refractivity contribution < 1.29 is 9.53 Å². The van der Waals surface area contributed by atoms with Gasteiger partial charge in [0.05, 0.1) is 6.61 Å². The van der Waals surface area contributed by atoms with E-state index in [1.807, 2.05) is 51.1 Å². The number of hydrogen-bond donors (Lipinski definition) is 1. The molecule has 1 amide bonds. The Bertz CT molecular complexity index is 620. The Morgan fingerprint density at radius 1 is 1.22 bits per heavy atom. The van der Waals surface area contributed by atoms with Crippen LogP contribution in [0, 0.1) is 5.41 Å². The van der Waals surface area contributed by atoms with Crippen molar-refractivity contribution in [3.05, 3.63) is 35.3 Å². The van der Waals surface area contributed by atoms with E-state index in [0.29, 0.717) is 18.2 Å². The standard InChI is InChI=1S/C17H23N3O2S/c1-17(2,3)12-14(21)18-16-20-19-15(23-16)10-7-11-22-13-8-5-4-6-9-13/h4-6,8-9H,7,10-12H2,1-3H3,(H,18,20,21). The molecule has 1 aromatic heterocycles. The number of rotatable bonds is 7. The Balaban J connectivity index is 1.71. The number of carbonyl (C=O) groups is 1. The quantitative estimate of drug-likeness (QED) is 0.780. The maximum Gasteiger partial charge on any atom is 0.226 e. The first-order chi connectivity index (χ1) is 10.9. The third kappa shape index (κ3) is 6.78. The Morgan fingerprint density at radius 2 is 1.96 bits per heavy atom. The molecule has 5 nitrogen and oxygen atoms in total. The van der Waals surface area contributed by atoms with Crippen molar-refractivity contribution in [1.29, 1.82) is 0 Å². The van der Waals surface area contributed by atoms with Gasteiger partial charge in [0.1, 0.15) is 10.8 Å². The topological polar surface area (TPSA) is 64.1 Å². The number of anilines is 1. The lowest BCUT2D eigenvalue weighted by molar-refractivity contribution is -0.117. The first-order valence-electron chi connectivity index (χ1n) is 7.72. The summed E-state index contributed by atoms with van der Waals surface area (Å²) in [5, 5.41) is 12.4. The van der Waals surface area contributed by atoms with Gasteiger partial charge in [0.15, 0.2) is 0 Å². The summed E-state index contributed by atoms with van der Waals surface area (Å²) < 4.78 is 5.64. The fourth-order valence-corrected chi connectivity index (χ4v) is 2.78. The molecule has 0 atom stereocenters. The molecule has 0 aliphatic carbocycles. The van der Waals surface area contributed by atoms with E-state index in [9.17, 15) is 4.79 Å². The van der Waals surface area contributed by atoms with E-state index in [4.69, 9.17) is 4.74 Å². The molecule has 0 fully saturated rings. The summed E-state index contributed by atoms with van der Waals surface area (Å²) >= 11 is 1.42. The minimum absolute atomic E-state index is 0.0207. The van der Waals surface area contributed by atoms with Crippen LogP contribution in [0.1, 0.15) is 38.6 Å². The zero-order valence-corrected chi connectivity index (χ0v) is 14.7. The van der Waals surface area contributed by atoms with Gasteiger partial charge >= 0.3 is 0 Å². The summed E-state index contributed by atoms with van der Waals surface area (Å²) in [4.78, 5) is 11.9. The van der Waals surface area contributed by atoms with Crippen LogP contribution in [0.5, 0.6) is 5.75 Å². The van der Waals surface area contributed by atoms with Gasteiger partial charge in [-0.3, -0.25) is 4.79 Å². The van der Waals surface area contributed by atoms with Crippen molar-refractivity contribution in [3.63, 3.8) is 0 Å². The molecule has 1 N–H and O–H groups in total. The van der Waals surface area contributed by atoms with E-state index < -0.39 is 0 Å². The second-order valence-corrected chi connectivity index (χ2v) is 7.61. The van der Waals surface area contributed by atoms with Gasteiger partial charge in [0, 0.05) is 12.8 Å². The smallest absolute Gasteiger partial charge is 0.226 e. The van der Waals surface area contributed by atoms with Gasteiger partial charge in [0.25, 0.3) is 0 Å². The number of nitrogens with zero attached hydrogens (tertiary/aromatic N) is 2. The molecule has 1 aromatic carbocycles. The lowest BCUT2D eigenvalue weighted by Gasteiger charge is -2.16. The summed E-state index contributed by atoms with van der Waals surface area (Å²) in [6.07, 6.45) is 2.12. The van der Waals surface area contributed by atoms with Crippen LogP contribution in [0.4, 0.5) is 5.13 Å². The van der Waals surface area contributed by atoms with Crippen LogP contribution in [-0.4, -0.2) is 22.7 Å². The maximum atomic E-state index is 11.9. The van der Waals surface area contributed by atoms with E-state index >= 15 is 0 Å². The molecule has 2 aromatic rings. The Labute approximate surface area is 141 Å². The molecule has 2 rings (SSSR count). The van der Waals surface area contributed by atoms with Crippen LogP contribution >= 0.6 is 11.3 Å². The van der Waals surface area contributed by atoms with E-state index in [2.05, 4.69) is 15.5 Å². The molecule has 0 bridgehead atoms. The monoisotopic (exact) mass is 333 g/mol. The molecular weight excluding hydrogens is 310 g/mol. The maximum absolute atomic E-state index is 11.9. The number of ether oxygens (including phenoxy) is 1. The van der Waals surface area contributed by atoms with Gasteiger partial charge in [-0.25, -0.2) is 0 Å². The van der Waals surface area contributed by atoms with E-state index in [0.717, 1.165) is 23.6 Å². The van der Waals surface area contributed by atoms with Gasteiger partial charge < -0.3 is 10.1 Å². The number of nitrogens with one attached hydrogen (secondary N) is 1. The van der Waals surface area contributed by atoms with Gasteiger partial charge in [0.2, 0.25) is 11.0 Å². The van der Waals surface area contributed by atoms with Gasteiger partial charge in [-0.05, 0) is 24.0 Å². The molecular formula is C17H23N3O2S. The molecule has 23 heavy (non-hydrogen) atoms. The highest BCUT2D eigenvalue weighted by Crippen LogP contribution is 2.21. The van der Waals surface area contributed by atoms with Crippen molar-refractivity contribution in [2.45, 2.75) is 40.0 Å². The first-order valence-corrected chi connectivity index (χ1v) is 8.54. The largest absolute Gasteiger partial charge is 0.494 e. The zero-order chi connectivity index (χ0) is 16.7. The summed E-state index contributed by atoms with van der Waals surface area (Å²) in [7, 11) is 0. The molecule has 0 aliphatic heterocycles. The number of amides is 1. The lowest BCUT2D eigenvalue weighted by atomic mass is 9.92. The Kier molecular flexibility index (Phi) is 6.10. The Hall–Kier alpha value is -1.95. The third-order valence-corrected chi connectivity index (χ3v) is 3.85. The second kappa shape index (κ2) is 8.06. The lowest BCUT2D eigenvalue weighted by Crippen LogP contribution is -2.19. The van der Waals surface area contributed by atoms with E-state index in [-0.39, 0.29) is 11.3 Å². The van der Waals surface area contributed by atoms with Crippen LogP contribution in [0.25, 0.3) is 0 Å². The Morgan fingerprint density at radius 3 is 2.65 bits per heavy atom. The molecule has 0 saturated heterocycles. The molecule has 124 valence electrons. The fraction of sp³-hybridized carbons (Fsp3) is 0.471. The molecule has 0 spiro atoms. The molecule has 0 aliphatic rings. The van der Waals surface area contributed by atoms with Crippen LogP contribution in [0.3, 0.4) is 0 Å². The van der Waals surface area contributed by atoms with Crippen molar-refractivity contribution in [1.82, 2.24) is 10.2 Å². The average Bonchev–Trinajstić information content (AvgIpc) is 2.90. The average molecular weight is 333 g/mol. The summed E-state index contributed by atoms with van der Waals surface area (Å²) in [5.74, 6) is 0.854. The summed E-state index contributed by atoms with van der Waals surface area (Å²) in [5.41, 5.74) is -0.0353. The minimum Gasteiger partial charge on any atom is -0.494 e. The molecule has 6 heteroatoms. The van der Waals surface area contributed by atoms with Crippen LogP contribution in [0.2, 0.25) is 0 Å². The highest BCUT2D eigenvalue weighted by Gasteiger charge is 2.17. The molecule has 1 heterocycles. The molecule has 0 unspecified atom stereocenters. The zero-order valence-electron chi connectivity index (χ0n) is 13.8. The van der Waals surface area contributed by atoms with Crippen molar-refractivity contribution >= 4 is 22.4 Å². The summed E-state index contributed by atoms with van der Waals surface area (Å²) in [6.45, 7) is 6.73. The van der Waals surface area contributed by atoms with Crippen LogP contribution in [0.15, 0.2) is 30.3 Å². The first kappa shape index (κ1) is 17.4. The number of hydrogen-bond acceptors (Lipinski definition) is 5. The predicted molar refractivity (Wildman–Crippen MR) is 92.9 cm³/mol. The van der Waals surface area contributed by atoms with Gasteiger partial charge in [-0.2, -0.15) is 0 Å². The fourth-order valence-electron chi connectivity index (χ4n) is 1.98. The third-order valence-electron chi connectivity index (χ3n) is 2.95. The molecule has 0 saturated carbocycles. The normalized spacial score (nSPS) is 11.3. The van der Waals surface area contributed by atoms with Gasteiger partial charge in [-0.1, -0.05) is 50.3 Å². The van der Waals surface area contributed by atoms with E-state index in [1.165, 1.54) is 11.3 Å². The van der Waals surface area contributed by atoms with Crippen molar-refractivity contribution in [2.24, 2.45) is 5.41 Å². The highest BCUT2D eigenvalue weighted by atomic mass is 32.1. The highest BCUT2D eigenvalue weighted by molar-refractivity contribution is 7.15. The number of benzene rings is 1. The van der Waals surface area contributed by atoms with E-state index in [1.54, 1.807) is 0 Å². The van der Waals surface area contributed by atoms with Gasteiger partial charge in [-0.15, -0.1) is 10.2 Å².